The molecule has 3 rings (SSSR count). The molecule has 0 bridgehead atoms. The van der Waals surface area contributed by atoms with Crippen molar-refractivity contribution in [3.63, 3.8) is 0 Å². The highest BCUT2D eigenvalue weighted by molar-refractivity contribution is 7.13. The highest BCUT2D eigenvalue weighted by Crippen LogP contribution is 2.26. The molecule has 1 N–H and O–H groups in total. The van der Waals surface area contributed by atoms with Crippen molar-refractivity contribution >= 4 is 22.4 Å². The first-order chi connectivity index (χ1) is 8.63. The van der Waals surface area contributed by atoms with E-state index < -0.39 is 0 Å². The average Bonchev–Trinajstić information content (AvgIpc) is 2.93. The van der Waals surface area contributed by atoms with Crippen LogP contribution in [0.15, 0.2) is 23.6 Å². The minimum atomic E-state index is 0.460. The molecule has 0 aliphatic carbocycles. The van der Waals surface area contributed by atoms with Crippen LogP contribution in [0.2, 0.25) is 0 Å². The smallest absolute Gasteiger partial charge is 0.167 e. The molecule has 3 nitrogen and oxygen atoms in total. The van der Waals surface area contributed by atoms with E-state index in [9.17, 15) is 0 Å². The van der Waals surface area contributed by atoms with Crippen molar-refractivity contribution in [3.8, 4) is 10.8 Å². The van der Waals surface area contributed by atoms with Gasteiger partial charge < -0.3 is 4.98 Å². The number of imidazole rings is 1. The maximum absolute atomic E-state index is 4.62. The monoisotopic (exact) mass is 257 g/mol. The van der Waals surface area contributed by atoms with Crippen molar-refractivity contribution in [2.24, 2.45) is 0 Å². The summed E-state index contributed by atoms with van der Waals surface area (Å²) < 4.78 is 0. The second-order valence-electron chi connectivity index (χ2n) is 4.84. The number of thiazole rings is 1. The maximum Gasteiger partial charge on any atom is 0.167 e. The van der Waals surface area contributed by atoms with Gasteiger partial charge in [-0.1, -0.05) is 19.9 Å². The van der Waals surface area contributed by atoms with Gasteiger partial charge >= 0.3 is 0 Å². The molecule has 0 atom stereocenters. The predicted molar refractivity (Wildman–Crippen MR) is 76.0 cm³/mol. The molecule has 0 saturated heterocycles. The lowest BCUT2D eigenvalue weighted by Gasteiger charge is -1.96. The molecule has 3 aromatic rings. The van der Waals surface area contributed by atoms with Gasteiger partial charge in [-0.25, -0.2) is 9.97 Å². The van der Waals surface area contributed by atoms with E-state index >= 15 is 0 Å². The van der Waals surface area contributed by atoms with Gasteiger partial charge in [-0.2, -0.15) is 0 Å². The third kappa shape index (κ3) is 1.93. The van der Waals surface area contributed by atoms with Gasteiger partial charge in [0.15, 0.2) is 10.8 Å². The van der Waals surface area contributed by atoms with Crippen molar-refractivity contribution in [3.05, 3.63) is 34.8 Å². The van der Waals surface area contributed by atoms with E-state index in [0.717, 1.165) is 27.6 Å². The van der Waals surface area contributed by atoms with Crippen LogP contribution in [0.1, 0.15) is 31.0 Å². The molecule has 0 saturated carbocycles. The van der Waals surface area contributed by atoms with E-state index in [0.29, 0.717) is 5.92 Å². The van der Waals surface area contributed by atoms with Crippen molar-refractivity contribution < 1.29 is 0 Å². The summed E-state index contributed by atoms with van der Waals surface area (Å²) in [5, 5.41) is 3.07. The summed E-state index contributed by atoms with van der Waals surface area (Å²) in [5.41, 5.74) is 4.44. The van der Waals surface area contributed by atoms with E-state index in [2.05, 4.69) is 53.2 Å². The summed E-state index contributed by atoms with van der Waals surface area (Å²) in [4.78, 5) is 12.6. The molecule has 2 aromatic heterocycles. The molecule has 1 aromatic carbocycles. The molecular formula is C14H15N3S. The molecule has 0 aliphatic rings. The Balaban J connectivity index is 2.07. The lowest BCUT2D eigenvalue weighted by atomic mass is 10.2. The molecule has 0 unspecified atom stereocenters. The number of aromatic nitrogens is 3. The number of aryl methyl sites for hydroxylation is 1. The maximum atomic E-state index is 4.62. The van der Waals surface area contributed by atoms with E-state index in [1.165, 1.54) is 5.56 Å². The number of fused-ring (bicyclic) bond motifs is 1. The van der Waals surface area contributed by atoms with Gasteiger partial charge in [0.25, 0.3) is 0 Å². The minimum absolute atomic E-state index is 0.460. The number of nitrogens with zero attached hydrogens (tertiary/aromatic N) is 2. The molecule has 4 heteroatoms. The van der Waals surface area contributed by atoms with Gasteiger partial charge in [-0.15, -0.1) is 11.3 Å². The van der Waals surface area contributed by atoms with E-state index in [4.69, 9.17) is 0 Å². The first-order valence-electron chi connectivity index (χ1n) is 6.05. The van der Waals surface area contributed by atoms with Crippen LogP contribution in [0.4, 0.5) is 0 Å². The van der Waals surface area contributed by atoms with Crippen LogP contribution in [-0.4, -0.2) is 15.0 Å². The minimum Gasteiger partial charge on any atom is -0.336 e. The summed E-state index contributed by atoms with van der Waals surface area (Å²) in [6, 6.07) is 6.23. The summed E-state index contributed by atoms with van der Waals surface area (Å²) in [6.07, 6.45) is 0. The first-order valence-corrected chi connectivity index (χ1v) is 6.93. The Morgan fingerprint density at radius 1 is 1.22 bits per heavy atom. The van der Waals surface area contributed by atoms with Crippen LogP contribution in [-0.2, 0) is 0 Å². The van der Waals surface area contributed by atoms with Gasteiger partial charge in [0.05, 0.1) is 16.7 Å². The van der Waals surface area contributed by atoms with Crippen LogP contribution in [0.3, 0.4) is 0 Å². The Kier molecular flexibility index (Phi) is 2.67. The third-order valence-corrected chi connectivity index (χ3v) is 3.82. The van der Waals surface area contributed by atoms with E-state index in [1.807, 2.05) is 6.07 Å². The van der Waals surface area contributed by atoms with Crippen molar-refractivity contribution in [1.82, 2.24) is 15.0 Å². The zero-order valence-corrected chi connectivity index (χ0v) is 11.5. The van der Waals surface area contributed by atoms with Gasteiger partial charge in [-0.05, 0) is 30.5 Å². The number of hydrogen-bond acceptors (Lipinski definition) is 3. The largest absolute Gasteiger partial charge is 0.336 e. The van der Waals surface area contributed by atoms with Gasteiger partial charge in [0, 0.05) is 5.38 Å². The van der Waals surface area contributed by atoms with Gasteiger partial charge in [-0.3, -0.25) is 0 Å². The van der Waals surface area contributed by atoms with Crippen LogP contribution in [0.5, 0.6) is 0 Å². The Hall–Kier alpha value is -1.68. The molecule has 18 heavy (non-hydrogen) atoms. The number of rotatable bonds is 2. The van der Waals surface area contributed by atoms with Crippen LogP contribution >= 0.6 is 11.3 Å². The second kappa shape index (κ2) is 4.21. The molecule has 0 fully saturated rings. The molecule has 0 amide bonds. The Labute approximate surface area is 110 Å². The quantitative estimate of drug-likeness (QED) is 0.750. The van der Waals surface area contributed by atoms with Gasteiger partial charge in [0.1, 0.15) is 0 Å². The standard InChI is InChI=1S/C14H15N3S/c1-8(2)12-7-18-14(17-12)13-15-10-5-4-9(3)6-11(10)16-13/h4-8H,1-3H3,(H,15,16). The predicted octanol–water partition coefficient (Wildman–Crippen LogP) is 4.12. The third-order valence-electron chi connectivity index (χ3n) is 2.95. The van der Waals surface area contributed by atoms with Crippen LogP contribution in [0.25, 0.3) is 21.9 Å². The lowest BCUT2D eigenvalue weighted by molar-refractivity contribution is 0.833. The van der Waals surface area contributed by atoms with Crippen LogP contribution < -0.4 is 0 Å². The Morgan fingerprint density at radius 2 is 2.06 bits per heavy atom. The van der Waals surface area contributed by atoms with Crippen molar-refractivity contribution in [1.29, 1.82) is 0 Å². The van der Waals surface area contributed by atoms with Crippen molar-refractivity contribution in [2.45, 2.75) is 26.7 Å². The number of nitrogens with one attached hydrogen (secondary N) is 1. The highest BCUT2D eigenvalue weighted by atomic mass is 32.1. The zero-order chi connectivity index (χ0) is 12.7. The lowest BCUT2D eigenvalue weighted by Crippen LogP contribution is -1.87. The molecule has 0 radical (unpaired) electrons. The summed E-state index contributed by atoms with van der Waals surface area (Å²) in [6.45, 7) is 6.39. The van der Waals surface area contributed by atoms with Gasteiger partial charge in [0.2, 0.25) is 0 Å². The van der Waals surface area contributed by atoms with Crippen molar-refractivity contribution in [2.75, 3.05) is 0 Å². The fraction of sp³-hybridized carbons (Fsp3) is 0.286. The fourth-order valence-electron chi connectivity index (χ4n) is 1.88. The van der Waals surface area contributed by atoms with E-state index in [-0.39, 0.29) is 0 Å². The second-order valence-corrected chi connectivity index (χ2v) is 5.70. The molecule has 2 heterocycles. The molecule has 0 spiro atoms. The zero-order valence-electron chi connectivity index (χ0n) is 10.7. The average molecular weight is 257 g/mol. The van der Waals surface area contributed by atoms with Crippen LogP contribution in [0, 0.1) is 6.92 Å². The summed E-state index contributed by atoms with van der Waals surface area (Å²) in [7, 11) is 0. The van der Waals surface area contributed by atoms with E-state index in [1.54, 1.807) is 11.3 Å². The normalized spacial score (nSPS) is 11.6. The molecule has 0 aliphatic heterocycles. The molecule has 92 valence electrons. The SMILES string of the molecule is Cc1ccc2nc(-c3nc(C(C)C)cs3)[nH]c2c1. The summed E-state index contributed by atoms with van der Waals surface area (Å²) in [5.74, 6) is 1.33. The Morgan fingerprint density at radius 3 is 2.78 bits per heavy atom. The first kappa shape index (κ1) is 11.4. The fourth-order valence-corrected chi connectivity index (χ4v) is 2.81. The summed E-state index contributed by atoms with van der Waals surface area (Å²) >= 11 is 1.65. The number of H-pyrrole nitrogens is 1. The number of benzene rings is 1. The molecular weight excluding hydrogens is 242 g/mol. The number of aromatic amines is 1. The topological polar surface area (TPSA) is 41.6 Å². The Bertz CT molecular complexity index is 694. The number of hydrogen-bond donors (Lipinski definition) is 1. The highest BCUT2D eigenvalue weighted by Gasteiger charge is 2.11.